The molecule has 0 radical (unpaired) electrons. The van der Waals surface area contributed by atoms with Gasteiger partial charge in [0, 0.05) is 5.69 Å². The van der Waals surface area contributed by atoms with Crippen molar-refractivity contribution in [1.29, 1.82) is 0 Å². The largest absolute Gasteiger partial charge is 0.496 e. The van der Waals surface area contributed by atoms with Crippen molar-refractivity contribution in [3.05, 3.63) is 53.3 Å². The highest BCUT2D eigenvalue weighted by Crippen LogP contribution is 2.27. The van der Waals surface area contributed by atoms with Crippen molar-refractivity contribution in [2.75, 3.05) is 19.0 Å². The van der Waals surface area contributed by atoms with Crippen LogP contribution in [0, 0.1) is 5.82 Å². The summed E-state index contributed by atoms with van der Waals surface area (Å²) < 4.78 is 70.4. The van der Waals surface area contributed by atoms with E-state index in [-0.39, 0.29) is 21.9 Å². The molecule has 2 aromatic rings. The SMILES string of the molecule is COc1ccc(S(=O)(=O)NCC(N)=O)cc1C(=O)Nc1ccc(F)c(C(F)F)c1. The van der Waals surface area contributed by atoms with Gasteiger partial charge in [0.1, 0.15) is 11.6 Å². The lowest BCUT2D eigenvalue weighted by atomic mass is 10.1. The van der Waals surface area contributed by atoms with E-state index >= 15 is 0 Å². The Morgan fingerprint density at radius 1 is 1.17 bits per heavy atom. The molecule has 0 aliphatic rings. The zero-order valence-corrected chi connectivity index (χ0v) is 15.7. The van der Waals surface area contributed by atoms with Crippen molar-refractivity contribution in [1.82, 2.24) is 4.72 Å². The number of ether oxygens (including phenoxy) is 1. The first kappa shape index (κ1) is 22.2. The second kappa shape index (κ2) is 8.92. The van der Waals surface area contributed by atoms with E-state index in [4.69, 9.17) is 10.5 Å². The van der Waals surface area contributed by atoms with E-state index in [0.29, 0.717) is 0 Å². The van der Waals surface area contributed by atoms with Crippen molar-refractivity contribution in [2.24, 2.45) is 5.73 Å². The van der Waals surface area contributed by atoms with Gasteiger partial charge in [-0.1, -0.05) is 0 Å². The van der Waals surface area contributed by atoms with E-state index < -0.39 is 46.2 Å². The summed E-state index contributed by atoms with van der Waals surface area (Å²) in [6.07, 6.45) is -3.09. The average Bonchev–Trinajstić information content (AvgIpc) is 2.67. The molecule has 0 fully saturated rings. The maximum atomic E-state index is 13.4. The van der Waals surface area contributed by atoms with Gasteiger partial charge in [0.15, 0.2) is 0 Å². The van der Waals surface area contributed by atoms with Crippen LogP contribution in [0.1, 0.15) is 22.3 Å². The van der Waals surface area contributed by atoms with Gasteiger partial charge in [-0.05, 0) is 36.4 Å². The van der Waals surface area contributed by atoms with E-state index in [2.05, 4.69) is 5.32 Å². The van der Waals surface area contributed by atoms with Gasteiger partial charge in [-0.3, -0.25) is 9.59 Å². The van der Waals surface area contributed by atoms with Crippen molar-refractivity contribution >= 4 is 27.5 Å². The highest BCUT2D eigenvalue weighted by Gasteiger charge is 2.21. The molecule has 8 nitrogen and oxygen atoms in total. The molecule has 0 heterocycles. The molecule has 2 rings (SSSR count). The van der Waals surface area contributed by atoms with Gasteiger partial charge < -0.3 is 15.8 Å². The molecule has 0 aliphatic carbocycles. The zero-order valence-electron chi connectivity index (χ0n) is 14.9. The number of methoxy groups -OCH3 is 1. The minimum absolute atomic E-state index is 0.00690. The third-order valence-corrected chi connectivity index (χ3v) is 5.05. The summed E-state index contributed by atoms with van der Waals surface area (Å²) in [6.45, 7) is -0.651. The van der Waals surface area contributed by atoms with Gasteiger partial charge in [0.25, 0.3) is 12.3 Å². The summed E-state index contributed by atoms with van der Waals surface area (Å²) in [5.74, 6) is -2.94. The van der Waals surface area contributed by atoms with Crippen LogP contribution in [0.5, 0.6) is 5.75 Å². The van der Waals surface area contributed by atoms with Gasteiger partial charge in [-0.25, -0.2) is 26.3 Å². The van der Waals surface area contributed by atoms with Crippen LogP contribution in [0.15, 0.2) is 41.3 Å². The standard InChI is InChI=1S/C17H16F3N3O5S/c1-28-14-5-3-10(29(26,27)22-8-15(21)24)7-12(14)17(25)23-9-2-4-13(18)11(6-9)16(19)20/h2-7,16,22H,8H2,1H3,(H2,21,24)(H,23,25). The lowest BCUT2D eigenvalue weighted by molar-refractivity contribution is -0.116. The number of anilines is 1. The monoisotopic (exact) mass is 431 g/mol. The van der Waals surface area contributed by atoms with E-state index in [1.54, 1.807) is 0 Å². The quantitative estimate of drug-likeness (QED) is 0.587. The maximum Gasteiger partial charge on any atom is 0.266 e. The Balaban J connectivity index is 2.36. The van der Waals surface area contributed by atoms with Gasteiger partial charge in [-0.15, -0.1) is 0 Å². The Morgan fingerprint density at radius 2 is 1.86 bits per heavy atom. The molecule has 0 bridgehead atoms. The summed E-state index contributed by atoms with van der Waals surface area (Å²) >= 11 is 0. The number of benzene rings is 2. The fraction of sp³-hybridized carbons (Fsp3) is 0.176. The fourth-order valence-corrected chi connectivity index (χ4v) is 3.29. The van der Waals surface area contributed by atoms with Crippen LogP contribution in [0.25, 0.3) is 0 Å². The predicted octanol–water partition coefficient (Wildman–Crippen LogP) is 1.79. The topological polar surface area (TPSA) is 128 Å². The molecule has 156 valence electrons. The number of carbonyl (C=O) groups is 2. The highest BCUT2D eigenvalue weighted by molar-refractivity contribution is 7.89. The normalized spacial score (nSPS) is 11.3. The van der Waals surface area contributed by atoms with Crippen molar-refractivity contribution in [3.63, 3.8) is 0 Å². The number of nitrogens with one attached hydrogen (secondary N) is 2. The number of sulfonamides is 1. The number of carbonyl (C=O) groups excluding carboxylic acids is 2. The molecular formula is C17H16F3N3O5S. The Kier molecular flexibility index (Phi) is 6.82. The third kappa shape index (κ3) is 5.45. The van der Waals surface area contributed by atoms with Gasteiger partial charge in [-0.2, -0.15) is 0 Å². The van der Waals surface area contributed by atoms with E-state index in [1.165, 1.54) is 13.2 Å². The lowest BCUT2D eigenvalue weighted by Crippen LogP contribution is -2.33. The first-order valence-electron chi connectivity index (χ1n) is 7.90. The lowest BCUT2D eigenvalue weighted by Gasteiger charge is -2.13. The van der Waals surface area contributed by atoms with E-state index in [9.17, 15) is 31.2 Å². The Hall–Kier alpha value is -3.12. The number of nitrogens with two attached hydrogens (primary N) is 1. The van der Waals surface area contributed by atoms with Crippen LogP contribution >= 0.6 is 0 Å². The predicted molar refractivity (Wildman–Crippen MR) is 96.7 cm³/mol. The van der Waals surface area contributed by atoms with E-state index in [0.717, 1.165) is 30.3 Å². The third-order valence-electron chi connectivity index (χ3n) is 3.65. The molecule has 0 atom stereocenters. The average molecular weight is 431 g/mol. The Labute approximate surface area is 163 Å². The van der Waals surface area contributed by atoms with Gasteiger partial charge in [0.2, 0.25) is 15.9 Å². The summed E-state index contributed by atoms with van der Waals surface area (Å²) in [6, 6.07) is 5.90. The number of halogens is 3. The van der Waals surface area contributed by atoms with Crippen LogP contribution in [-0.4, -0.2) is 33.9 Å². The molecule has 0 aliphatic heterocycles. The number of amides is 2. The van der Waals surface area contributed by atoms with Gasteiger partial charge in [0.05, 0.1) is 29.7 Å². The maximum absolute atomic E-state index is 13.4. The van der Waals surface area contributed by atoms with E-state index in [1.807, 2.05) is 4.72 Å². The minimum Gasteiger partial charge on any atom is -0.496 e. The minimum atomic E-state index is -4.17. The van der Waals surface area contributed by atoms with Crippen LogP contribution in [0.3, 0.4) is 0 Å². The number of hydrogen-bond acceptors (Lipinski definition) is 5. The van der Waals surface area contributed by atoms with Crippen molar-refractivity contribution < 1.29 is 35.9 Å². The summed E-state index contributed by atoms with van der Waals surface area (Å²) in [7, 11) is -2.93. The smallest absolute Gasteiger partial charge is 0.266 e. The van der Waals surface area contributed by atoms with Crippen LogP contribution in [-0.2, 0) is 14.8 Å². The van der Waals surface area contributed by atoms with Crippen LogP contribution in [0.2, 0.25) is 0 Å². The molecule has 0 saturated carbocycles. The molecule has 0 unspecified atom stereocenters. The molecule has 0 saturated heterocycles. The fourth-order valence-electron chi connectivity index (χ4n) is 2.27. The van der Waals surface area contributed by atoms with Crippen molar-refractivity contribution in [3.8, 4) is 5.75 Å². The highest BCUT2D eigenvalue weighted by atomic mass is 32.2. The molecule has 12 heteroatoms. The molecule has 2 aromatic carbocycles. The van der Waals surface area contributed by atoms with Crippen LogP contribution < -0.4 is 20.5 Å². The molecule has 0 spiro atoms. The first-order chi connectivity index (χ1) is 13.5. The number of hydrogen-bond donors (Lipinski definition) is 3. The van der Waals surface area contributed by atoms with Crippen LogP contribution in [0.4, 0.5) is 18.9 Å². The molecule has 29 heavy (non-hydrogen) atoms. The second-order valence-electron chi connectivity index (χ2n) is 5.64. The molecule has 2 amide bonds. The zero-order chi connectivity index (χ0) is 21.8. The van der Waals surface area contributed by atoms with Crippen molar-refractivity contribution in [2.45, 2.75) is 11.3 Å². The summed E-state index contributed by atoms with van der Waals surface area (Å²) in [5, 5.41) is 2.28. The second-order valence-corrected chi connectivity index (χ2v) is 7.41. The Bertz CT molecular complexity index is 1040. The number of rotatable bonds is 8. The number of primary amides is 1. The molecule has 0 aromatic heterocycles. The molecular weight excluding hydrogens is 415 g/mol. The van der Waals surface area contributed by atoms with Gasteiger partial charge >= 0.3 is 0 Å². The first-order valence-corrected chi connectivity index (χ1v) is 9.38. The number of alkyl halides is 2. The summed E-state index contributed by atoms with van der Waals surface area (Å²) in [5.41, 5.74) is 3.63. The Morgan fingerprint density at radius 3 is 2.45 bits per heavy atom. The molecule has 4 N–H and O–H groups in total. The summed E-state index contributed by atoms with van der Waals surface area (Å²) in [4.78, 5) is 23.0.